The highest BCUT2D eigenvalue weighted by Crippen LogP contribution is 2.29. The highest BCUT2D eigenvalue weighted by molar-refractivity contribution is 6.31. The molecule has 0 aliphatic carbocycles. The predicted octanol–water partition coefficient (Wildman–Crippen LogP) is 5.15. The maximum atomic E-state index is 6.04. The monoisotopic (exact) mass is 374 g/mol. The normalized spacial score (nSPS) is 10.4. The molecule has 1 heterocycles. The summed E-state index contributed by atoms with van der Waals surface area (Å²) < 4.78 is 5.31. The standard InChI is InChI=1S/C18H16Cl2N4O/c1-25-16-7-6-14(20)10-15(16)23-18-21-9-8-17(24-18)22-11-12-2-4-13(19)5-3-12/h2-10H,11H2,1H3,(H2,21,22,23,24). The Bertz CT molecular complexity index is 856. The van der Waals surface area contributed by atoms with Crippen molar-refractivity contribution in [1.29, 1.82) is 0 Å². The summed E-state index contributed by atoms with van der Waals surface area (Å²) >= 11 is 11.9. The third-order valence-electron chi connectivity index (χ3n) is 3.45. The first-order chi connectivity index (χ1) is 12.1. The molecule has 2 aromatic carbocycles. The van der Waals surface area contributed by atoms with Crippen molar-refractivity contribution in [3.05, 3.63) is 70.3 Å². The number of nitrogens with zero attached hydrogens (tertiary/aromatic N) is 2. The lowest BCUT2D eigenvalue weighted by Gasteiger charge is -2.11. The van der Waals surface area contributed by atoms with Crippen LogP contribution in [-0.4, -0.2) is 17.1 Å². The lowest BCUT2D eigenvalue weighted by Crippen LogP contribution is -2.04. The summed E-state index contributed by atoms with van der Waals surface area (Å²) in [6, 6.07) is 14.8. The van der Waals surface area contributed by atoms with E-state index in [0.717, 1.165) is 5.56 Å². The second kappa shape index (κ2) is 8.05. The number of nitrogens with one attached hydrogen (secondary N) is 2. The van der Waals surface area contributed by atoms with E-state index >= 15 is 0 Å². The molecular weight excluding hydrogens is 359 g/mol. The molecule has 3 aromatic rings. The van der Waals surface area contributed by atoms with E-state index < -0.39 is 0 Å². The van der Waals surface area contributed by atoms with Crippen LogP contribution in [0.3, 0.4) is 0 Å². The van der Waals surface area contributed by atoms with Gasteiger partial charge >= 0.3 is 0 Å². The number of ether oxygens (including phenoxy) is 1. The Labute approximate surface area is 156 Å². The van der Waals surface area contributed by atoms with Crippen LogP contribution in [0.15, 0.2) is 54.7 Å². The number of hydrogen-bond acceptors (Lipinski definition) is 5. The third kappa shape index (κ3) is 4.75. The van der Waals surface area contributed by atoms with Gasteiger partial charge in [0.2, 0.25) is 5.95 Å². The Morgan fingerprint density at radius 1 is 1.00 bits per heavy atom. The van der Waals surface area contributed by atoms with E-state index in [1.54, 1.807) is 37.6 Å². The summed E-state index contributed by atoms with van der Waals surface area (Å²) in [5.41, 5.74) is 1.80. The van der Waals surface area contributed by atoms with E-state index in [2.05, 4.69) is 20.6 Å². The average molecular weight is 375 g/mol. The van der Waals surface area contributed by atoms with Crippen LogP contribution in [0.2, 0.25) is 10.0 Å². The van der Waals surface area contributed by atoms with Crippen LogP contribution in [-0.2, 0) is 6.54 Å². The fourth-order valence-electron chi connectivity index (χ4n) is 2.21. The van der Waals surface area contributed by atoms with Crippen LogP contribution in [0, 0.1) is 0 Å². The maximum Gasteiger partial charge on any atom is 0.229 e. The molecule has 0 radical (unpaired) electrons. The van der Waals surface area contributed by atoms with Gasteiger partial charge in [-0.1, -0.05) is 35.3 Å². The van der Waals surface area contributed by atoms with Crippen LogP contribution in [0.5, 0.6) is 5.75 Å². The van der Waals surface area contributed by atoms with Crippen molar-refractivity contribution in [2.45, 2.75) is 6.54 Å². The molecule has 0 amide bonds. The smallest absolute Gasteiger partial charge is 0.229 e. The SMILES string of the molecule is COc1ccc(Cl)cc1Nc1nccc(NCc2ccc(Cl)cc2)n1. The summed E-state index contributed by atoms with van der Waals surface area (Å²) in [4.78, 5) is 8.68. The van der Waals surface area contributed by atoms with Gasteiger partial charge in [0.25, 0.3) is 0 Å². The largest absolute Gasteiger partial charge is 0.495 e. The number of anilines is 3. The van der Waals surface area contributed by atoms with Crippen molar-refractivity contribution in [2.75, 3.05) is 17.7 Å². The molecule has 2 N–H and O–H groups in total. The van der Waals surface area contributed by atoms with Crippen molar-refractivity contribution in [3.63, 3.8) is 0 Å². The quantitative estimate of drug-likeness (QED) is 0.624. The van der Waals surface area contributed by atoms with Crippen LogP contribution >= 0.6 is 23.2 Å². The van der Waals surface area contributed by atoms with Crippen LogP contribution in [0.25, 0.3) is 0 Å². The van der Waals surface area contributed by atoms with Crippen molar-refractivity contribution in [3.8, 4) is 5.75 Å². The topological polar surface area (TPSA) is 59.1 Å². The Hall–Kier alpha value is -2.50. The first kappa shape index (κ1) is 17.3. The van der Waals surface area contributed by atoms with Gasteiger partial charge in [0.15, 0.2) is 0 Å². The van der Waals surface area contributed by atoms with Gasteiger partial charge in [-0.15, -0.1) is 0 Å². The molecule has 0 saturated heterocycles. The predicted molar refractivity (Wildman–Crippen MR) is 102 cm³/mol. The molecule has 0 bridgehead atoms. The molecule has 0 aliphatic heterocycles. The summed E-state index contributed by atoms with van der Waals surface area (Å²) in [6.07, 6.45) is 1.68. The lowest BCUT2D eigenvalue weighted by atomic mass is 10.2. The second-order valence-electron chi connectivity index (χ2n) is 5.22. The van der Waals surface area contributed by atoms with Gasteiger partial charge in [0.05, 0.1) is 12.8 Å². The minimum atomic E-state index is 0.446. The molecular formula is C18H16Cl2N4O. The molecule has 0 atom stereocenters. The van der Waals surface area contributed by atoms with E-state index in [4.69, 9.17) is 27.9 Å². The van der Waals surface area contributed by atoms with Gasteiger partial charge in [-0.2, -0.15) is 4.98 Å². The fraction of sp³-hybridized carbons (Fsp3) is 0.111. The van der Waals surface area contributed by atoms with Gasteiger partial charge < -0.3 is 15.4 Å². The van der Waals surface area contributed by atoms with Crippen LogP contribution in [0.1, 0.15) is 5.56 Å². The van der Waals surface area contributed by atoms with E-state index in [1.165, 1.54) is 0 Å². The van der Waals surface area contributed by atoms with E-state index in [1.807, 2.05) is 24.3 Å². The fourth-order valence-corrected chi connectivity index (χ4v) is 2.51. The highest BCUT2D eigenvalue weighted by Gasteiger charge is 2.06. The highest BCUT2D eigenvalue weighted by atomic mass is 35.5. The first-order valence-corrected chi connectivity index (χ1v) is 8.31. The Kier molecular flexibility index (Phi) is 5.58. The molecule has 7 heteroatoms. The van der Waals surface area contributed by atoms with Crippen molar-refractivity contribution in [1.82, 2.24) is 9.97 Å². The van der Waals surface area contributed by atoms with Gasteiger partial charge in [-0.25, -0.2) is 4.98 Å². The Balaban J connectivity index is 1.71. The van der Waals surface area contributed by atoms with E-state index in [0.29, 0.717) is 39.8 Å². The molecule has 25 heavy (non-hydrogen) atoms. The van der Waals surface area contributed by atoms with Crippen molar-refractivity contribution >= 4 is 40.7 Å². The zero-order valence-electron chi connectivity index (χ0n) is 13.5. The Morgan fingerprint density at radius 3 is 2.52 bits per heavy atom. The molecule has 3 rings (SSSR count). The summed E-state index contributed by atoms with van der Waals surface area (Å²) in [5, 5.41) is 7.69. The molecule has 0 fully saturated rings. The second-order valence-corrected chi connectivity index (χ2v) is 6.09. The first-order valence-electron chi connectivity index (χ1n) is 7.56. The number of rotatable bonds is 6. The van der Waals surface area contributed by atoms with Gasteiger partial charge in [0.1, 0.15) is 11.6 Å². The number of aromatic nitrogens is 2. The van der Waals surface area contributed by atoms with Gasteiger partial charge in [0, 0.05) is 22.8 Å². The minimum absolute atomic E-state index is 0.446. The van der Waals surface area contributed by atoms with E-state index in [9.17, 15) is 0 Å². The maximum absolute atomic E-state index is 6.04. The minimum Gasteiger partial charge on any atom is -0.495 e. The summed E-state index contributed by atoms with van der Waals surface area (Å²) in [7, 11) is 1.60. The van der Waals surface area contributed by atoms with Gasteiger partial charge in [-0.05, 0) is 42.0 Å². The van der Waals surface area contributed by atoms with Crippen molar-refractivity contribution < 1.29 is 4.74 Å². The van der Waals surface area contributed by atoms with Crippen molar-refractivity contribution in [2.24, 2.45) is 0 Å². The Morgan fingerprint density at radius 2 is 1.76 bits per heavy atom. The molecule has 5 nitrogen and oxygen atoms in total. The lowest BCUT2D eigenvalue weighted by molar-refractivity contribution is 0.417. The zero-order chi connectivity index (χ0) is 17.6. The number of methoxy groups -OCH3 is 1. The van der Waals surface area contributed by atoms with Crippen LogP contribution in [0.4, 0.5) is 17.5 Å². The number of benzene rings is 2. The molecule has 1 aromatic heterocycles. The summed E-state index contributed by atoms with van der Waals surface area (Å²) in [6.45, 7) is 0.633. The van der Waals surface area contributed by atoms with E-state index in [-0.39, 0.29) is 0 Å². The van der Waals surface area contributed by atoms with Crippen LogP contribution < -0.4 is 15.4 Å². The summed E-state index contributed by atoms with van der Waals surface area (Å²) in [5.74, 6) is 1.81. The van der Waals surface area contributed by atoms with Gasteiger partial charge in [-0.3, -0.25) is 0 Å². The molecule has 128 valence electrons. The molecule has 0 saturated carbocycles. The molecule has 0 spiro atoms. The molecule has 0 aliphatic rings. The third-order valence-corrected chi connectivity index (χ3v) is 3.94. The number of hydrogen-bond donors (Lipinski definition) is 2. The average Bonchev–Trinajstić information content (AvgIpc) is 2.62. The molecule has 0 unspecified atom stereocenters. The number of halogens is 2. The zero-order valence-corrected chi connectivity index (χ0v) is 15.0.